The normalized spacial score (nSPS) is 10.3. The maximum absolute atomic E-state index is 12.9. The van der Waals surface area contributed by atoms with Crippen LogP contribution >= 0.6 is 0 Å². The van der Waals surface area contributed by atoms with Gasteiger partial charge in [0.15, 0.2) is 0 Å². The number of aromatic nitrogens is 2. The smallest absolute Gasteiger partial charge is 0.136 e. The van der Waals surface area contributed by atoms with E-state index in [-0.39, 0.29) is 5.82 Å². The van der Waals surface area contributed by atoms with E-state index in [0.29, 0.717) is 11.6 Å². The van der Waals surface area contributed by atoms with Gasteiger partial charge in [-0.25, -0.2) is 14.4 Å². The zero-order valence-electron chi connectivity index (χ0n) is 11.8. The number of aryl methyl sites for hydroxylation is 1. The summed E-state index contributed by atoms with van der Waals surface area (Å²) in [5.41, 5.74) is 0.795. The first-order valence-electron chi connectivity index (χ1n) is 6.79. The molecule has 0 aliphatic rings. The summed E-state index contributed by atoms with van der Waals surface area (Å²) in [6.07, 6.45) is 2.24. The Bertz CT molecular complexity index is 554. The molecule has 20 heavy (non-hydrogen) atoms. The molecule has 2 N–H and O–H groups in total. The van der Waals surface area contributed by atoms with Crippen LogP contribution in [0.2, 0.25) is 0 Å². The quantitative estimate of drug-likeness (QED) is 0.785. The number of halogens is 1. The lowest BCUT2D eigenvalue weighted by molar-refractivity contribution is 0.628. The highest BCUT2D eigenvalue weighted by Crippen LogP contribution is 2.17. The number of rotatable bonds is 6. The van der Waals surface area contributed by atoms with Crippen LogP contribution in [0.1, 0.15) is 25.6 Å². The maximum Gasteiger partial charge on any atom is 0.136 e. The molecule has 2 rings (SSSR count). The fraction of sp³-hybridized carbons (Fsp3) is 0.333. The van der Waals surface area contributed by atoms with Crippen LogP contribution in [0.25, 0.3) is 0 Å². The summed E-state index contributed by atoms with van der Waals surface area (Å²) in [7, 11) is 0. The van der Waals surface area contributed by atoms with Crippen molar-refractivity contribution < 1.29 is 4.39 Å². The first-order chi connectivity index (χ1) is 9.67. The monoisotopic (exact) mass is 274 g/mol. The van der Waals surface area contributed by atoms with Crippen LogP contribution < -0.4 is 10.6 Å². The lowest BCUT2D eigenvalue weighted by atomic mass is 10.3. The van der Waals surface area contributed by atoms with E-state index in [0.717, 1.165) is 30.9 Å². The molecule has 1 aromatic carbocycles. The highest BCUT2D eigenvalue weighted by Gasteiger charge is 2.02. The number of benzene rings is 1. The molecule has 0 spiro atoms. The Hall–Kier alpha value is -2.17. The highest BCUT2D eigenvalue weighted by molar-refractivity contribution is 5.59. The second-order valence-electron chi connectivity index (χ2n) is 4.60. The van der Waals surface area contributed by atoms with E-state index in [1.165, 1.54) is 12.1 Å². The standard InChI is InChI=1S/C15H19FN4/c1-3-4-9-17-14-10-15(19-11(2)18-14)20-13-7-5-12(16)6-8-13/h5-8,10H,3-4,9H2,1-2H3,(H2,17,18,19,20). The summed E-state index contributed by atoms with van der Waals surface area (Å²) in [6.45, 7) is 4.89. The molecule has 0 radical (unpaired) electrons. The molecule has 0 aliphatic heterocycles. The van der Waals surface area contributed by atoms with Gasteiger partial charge in [0, 0.05) is 18.3 Å². The maximum atomic E-state index is 12.9. The molecule has 0 bridgehead atoms. The Balaban J connectivity index is 2.09. The summed E-state index contributed by atoms with van der Waals surface area (Å²) >= 11 is 0. The van der Waals surface area contributed by atoms with Gasteiger partial charge >= 0.3 is 0 Å². The van der Waals surface area contributed by atoms with Crippen LogP contribution in [0.4, 0.5) is 21.7 Å². The average molecular weight is 274 g/mol. The molecule has 1 heterocycles. The minimum absolute atomic E-state index is 0.253. The van der Waals surface area contributed by atoms with E-state index in [2.05, 4.69) is 27.5 Å². The van der Waals surface area contributed by atoms with Crippen LogP contribution in [-0.4, -0.2) is 16.5 Å². The number of hydrogen-bond acceptors (Lipinski definition) is 4. The number of unbranched alkanes of at least 4 members (excludes halogenated alkanes) is 1. The van der Waals surface area contributed by atoms with Crippen molar-refractivity contribution >= 4 is 17.3 Å². The van der Waals surface area contributed by atoms with Gasteiger partial charge < -0.3 is 10.6 Å². The third-order valence-electron chi connectivity index (χ3n) is 2.79. The van der Waals surface area contributed by atoms with Gasteiger partial charge in [-0.3, -0.25) is 0 Å². The second kappa shape index (κ2) is 6.84. The summed E-state index contributed by atoms with van der Waals surface area (Å²) < 4.78 is 12.9. The molecule has 0 saturated carbocycles. The Morgan fingerprint density at radius 1 is 1.10 bits per heavy atom. The molecule has 0 saturated heterocycles. The third kappa shape index (κ3) is 4.19. The van der Waals surface area contributed by atoms with Crippen LogP contribution in [0.5, 0.6) is 0 Å². The van der Waals surface area contributed by atoms with E-state index in [1.54, 1.807) is 12.1 Å². The van der Waals surface area contributed by atoms with Gasteiger partial charge in [-0.15, -0.1) is 0 Å². The Kier molecular flexibility index (Phi) is 4.87. The van der Waals surface area contributed by atoms with E-state index < -0.39 is 0 Å². The molecule has 1 aromatic heterocycles. The first kappa shape index (κ1) is 14.2. The van der Waals surface area contributed by atoms with Gasteiger partial charge in [0.05, 0.1) is 0 Å². The molecular formula is C15H19FN4. The van der Waals surface area contributed by atoms with Crippen molar-refractivity contribution in [2.45, 2.75) is 26.7 Å². The van der Waals surface area contributed by atoms with Crippen LogP contribution in [-0.2, 0) is 0 Å². The van der Waals surface area contributed by atoms with E-state index in [1.807, 2.05) is 13.0 Å². The topological polar surface area (TPSA) is 49.8 Å². The van der Waals surface area contributed by atoms with Gasteiger partial charge in [0.25, 0.3) is 0 Å². The fourth-order valence-electron chi connectivity index (χ4n) is 1.80. The Morgan fingerprint density at radius 3 is 2.50 bits per heavy atom. The summed E-state index contributed by atoms with van der Waals surface area (Å²) in [5.74, 6) is 1.94. The molecule has 0 aliphatic carbocycles. The Morgan fingerprint density at radius 2 is 1.80 bits per heavy atom. The molecule has 0 atom stereocenters. The first-order valence-corrected chi connectivity index (χ1v) is 6.79. The summed E-state index contributed by atoms with van der Waals surface area (Å²) in [4.78, 5) is 8.66. The van der Waals surface area contributed by atoms with Crippen molar-refractivity contribution in [1.29, 1.82) is 0 Å². The van der Waals surface area contributed by atoms with Gasteiger partial charge in [-0.2, -0.15) is 0 Å². The minimum atomic E-state index is -0.253. The number of anilines is 3. The molecule has 0 unspecified atom stereocenters. The highest BCUT2D eigenvalue weighted by atomic mass is 19.1. The molecule has 0 fully saturated rings. The van der Waals surface area contributed by atoms with Crippen molar-refractivity contribution in [3.05, 3.63) is 42.0 Å². The van der Waals surface area contributed by atoms with Crippen molar-refractivity contribution in [2.24, 2.45) is 0 Å². The van der Waals surface area contributed by atoms with Crippen LogP contribution in [0.15, 0.2) is 30.3 Å². The molecular weight excluding hydrogens is 255 g/mol. The lowest BCUT2D eigenvalue weighted by Gasteiger charge is -2.10. The molecule has 4 nitrogen and oxygen atoms in total. The second-order valence-corrected chi connectivity index (χ2v) is 4.60. The minimum Gasteiger partial charge on any atom is -0.370 e. The van der Waals surface area contributed by atoms with Gasteiger partial charge in [0.1, 0.15) is 23.3 Å². The number of hydrogen-bond donors (Lipinski definition) is 2. The molecule has 106 valence electrons. The SMILES string of the molecule is CCCCNc1cc(Nc2ccc(F)cc2)nc(C)n1. The van der Waals surface area contributed by atoms with Crippen molar-refractivity contribution in [2.75, 3.05) is 17.2 Å². The molecule has 5 heteroatoms. The zero-order chi connectivity index (χ0) is 14.4. The van der Waals surface area contributed by atoms with Crippen molar-refractivity contribution in [3.8, 4) is 0 Å². The zero-order valence-corrected chi connectivity index (χ0v) is 11.8. The van der Waals surface area contributed by atoms with Gasteiger partial charge in [-0.1, -0.05) is 13.3 Å². The van der Waals surface area contributed by atoms with Crippen molar-refractivity contribution in [1.82, 2.24) is 9.97 Å². The average Bonchev–Trinajstić information content (AvgIpc) is 2.41. The van der Waals surface area contributed by atoms with Crippen molar-refractivity contribution in [3.63, 3.8) is 0 Å². The molecule has 2 aromatic rings. The third-order valence-corrected chi connectivity index (χ3v) is 2.79. The summed E-state index contributed by atoms with van der Waals surface area (Å²) in [5, 5.41) is 6.42. The predicted molar refractivity (Wildman–Crippen MR) is 79.8 cm³/mol. The predicted octanol–water partition coefficient (Wildman–Crippen LogP) is 3.88. The summed E-state index contributed by atoms with van der Waals surface area (Å²) in [6, 6.07) is 8.04. The number of nitrogens with zero attached hydrogens (tertiary/aromatic N) is 2. The van der Waals surface area contributed by atoms with Gasteiger partial charge in [-0.05, 0) is 37.6 Å². The van der Waals surface area contributed by atoms with Crippen LogP contribution in [0, 0.1) is 12.7 Å². The lowest BCUT2D eigenvalue weighted by Crippen LogP contribution is -2.06. The van der Waals surface area contributed by atoms with Crippen LogP contribution in [0.3, 0.4) is 0 Å². The van der Waals surface area contributed by atoms with E-state index >= 15 is 0 Å². The largest absolute Gasteiger partial charge is 0.370 e. The van der Waals surface area contributed by atoms with E-state index in [4.69, 9.17) is 0 Å². The Labute approximate surface area is 118 Å². The number of nitrogens with one attached hydrogen (secondary N) is 2. The van der Waals surface area contributed by atoms with E-state index in [9.17, 15) is 4.39 Å². The fourth-order valence-corrected chi connectivity index (χ4v) is 1.80. The van der Waals surface area contributed by atoms with Gasteiger partial charge in [0.2, 0.25) is 0 Å². The molecule has 0 amide bonds.